The predicted octanol–water partition coefficient (Wildman–Crippen LogP) is 4.05. The van der Waals surface area contributed by atoms with Crippen LogP contribution in [0.5, 0.6) is 17.4 Å². The van der Waals surface area contributed by atoms with Gasteiger partial charge in [0, 0.05) is 0 Å². The smallest absolute Gasteiger partial charge is 0.267 e. The Morgan fingerprint density at radius 1 is 1.16 bits per heavy atom. The number of aromatic nitrogens is 2. The van der Waals surface area contributed by atoms with Gasteiger partial charge in [0.05, 0.1) is 7.11 Å². The molecule has 0 aliphatic heterocycles. The fraction of sp³-hybridized carbons (Fsp3) is 0.286. The van der Waals surface area contributed by atoms with Gasteiger partial charge in [-0.2, -0.15) is 4.98 Å². The molecule has 4 nitrogen and oxygen atoms in total. The van der Waals surface area contributed by atoms with E-state index in [1.807, 2.05) is 24.3 Å². The molecule has 5 heteroatoms. The first-order valence-corrected chi connectivity index (χ1v) is 6.32. The maximum Gasteiger partial charge on any atom is 0.267 e. The van der Waals surface area contributed by atoms with Gasteiger partial charge in [-0.05, 0) is 17.5 Å². The van der Waals surface area contributed by atoms with Crippen molar-refractivity contribution < 1.29 is 9.47 Å². The molecule has 0 radical (unpaired) electrons. The van der Waals surface area contributed by atoms with Crippen molar-refractivity contribution in [2.24, 2.45) is 0 Å². The molecule has 0 N–H and O–H groups in total. The highest BCUT2D eigenvalue weighted by molar-refractivity contribution is 6.31. The Hall–Kier alpha value is -1.81. The van der Waals surface area contributed by atoms with Gasteiger partial charge < -0.3 is 9.47 Å². The highest BCUT2D eigenvalue weighted by atomic mass is 35.5. The first-order valence-electron chi connectivity index (χ1n) is 5.94. The molecule has 0 bridgehead atoms. The van der Waals surface area contributed by atoms with Gasteiger partial charge in [-0.15, -0.1) is 0 Å². The zero-order chi connectivity index (χ0) is 13.8. The zero-order valence-corrected chi connectivity index (χ0v) is 11.8. The van der Waals surface area contributed by atoms with E-state index in [0.29, 0.717) is 17.5 Å². The van der Waals surface area contributed by atoms with Gasteiger partial charge >= 0.3 is 0 Å². The average Bonchev–Trinajstić information content (AvgIpc) is 2.39. The van der Waals surface area contributed by atoms with E-state index in [-0.39, 0.29) is 5.15 Å². The zero-order valence-electron chi connectivity index (χ0n) is 11.1. The quantitative estimate of drug-likeness (QED) is 0.791. The molecule has 2 aromatic rings. The van der Waals surface area contributed by atoms with E-state index in [4.69, 9.17) is 21.1 Å². The van der Waals surface area contributed by atoms with Crippen molar-refractivity contribution in [3.05, 3.63) is 41.3 Å². The Balaban J connectivity index is 2.39. The minimum Gasteiger partial charge on any atom is -0.489 e. The second-order valence-electron chi connectivity index (χ2n) is 4.30. The minimum atomic E-state index is 0.231. The number of para-hydroxylation sites is 1. The number of benzene rings is 1. The summed E-state index contributed by atoms with van der Waals surface area (Å²) in [6.07, 6.45) is 1.35. The fourth-order valence-corrected chi connectivity index (χ4v) is 1.94. The maximum atomic E-state index is 5.94. The van der Waals surface area contributed by atoms with Crippen LogP contribution in [0.25, 0.3) is 0 Å². The topological polar surface area (TPSA) is 44.2 Å². The van der Waals surface area contributed by atoms with E-state index >= 15 is 0 Å². The maximum absolute atomic E-state index is 5.94. The molecule has 0 aliphatic carbocycles. The number of methoxy groups -OCH3 is 1. The Morgan fingerprint density at radius 2 is 1.89 bits per heavy atom. The number of rotatable bonds is 4. The van der Waals surface area contributed by atoms with Crippen molar-refractivity contribution in [3.63, 3.8) is 0 Å². The summed E-state index contributed by atoms with van der Waals surface area (Å²) in [5.41, 5.74) is 1.10. The third-order valence-corrected chi connectivity index (χ3v) is 2.95. The Bertz CT molecular complexity index is 573. The van der Waals surface area contributed by atoms with Crippen LogP contribution in [0.3, 0.4) is 0 Å². The normalized spacial score (nSPS) is 10.6. The monoisotopic (exact) mass is 278 g/mol. The molecule has 0 spiro atoms. The summed E-state index contributed by atoms with van der Waals surface area (Å²) in [6.45, 7) is 4.21. The van der Waals surface area contributed by atoms with E-state index in [2.05, 4.69) is 23.8 Å². The summed E-state index contributed by atoms with van der Waals surface area (Å²) < 4.78 is 11.0. The van der Waals surface area contributed by atoms with Crippen molar-refractivity contribution in [2.45, 2.75) is 19.8 Å². The molecule has 0 saturated heterocycles. The first kappa shape index (κ1) is 13.6. The third-order valence-electron chi connectivity index (χ3n) is 2.68. The molecular weight excluding hydrogens is 264 g/mol. The second kappa shape index (κ2) is 5.89. The van der Waals surface area contributed by atoms with Gasteiger partial charge in [-0.25, -0.2) is 4.98 Å². The number of hydrogen-bond acceptors (Lipinski definition) is 4. The standard InChI is InChI=1S/C14H15ClN2O2/c1-9(2)10-6-4-5-7-11(10)19-14-12(18-3)13(15)16-8-17-14/h4-9H,1-3H3. The molecule has 0 amide bonds. The van der Waals surface area contributed by atoms with Crippen LogP contribution in [0.15, 0.2) is 30.6 Å². The molecule has 19 heavy (non-hydrogen) atoms. The average molecular weight is 279 g/mol. The lowest BCUT2D eigenvalue weighted by atomic mass is 10.0. The van der Waals surface area contributed by atoms with Gasteiger partial charge in [0.25, 0.3) is 5.88 Å². The summed E-state index contributed by atoms with van der Waals surface area (Å²) >= 11 is 5.94. The van der Waals surface area contributed by atoms with Crippen LogP contribution in [0.4, 0.5) is 0 Å². The third kappa shape index (κ3) is 2.96. The van der Waals surface area contributed by atoms with Crippen LogP contribution in [0, 0.1) is 0 Å². The molecule has 0 unspecified atom stereocenters. The fourth-order valence-electron chi connectivity index (χ4n) is 1.74. The number of halogens is 1. The lowest BCUT2D eigenvalue weighted by molar-refractivity contribution is 0.365. The molecule has 1 aromatic heterocycles. The van der Waals surface area contributed by atoms with E-state index in [1.54, 1.807) is 0 Å². The highest BCUT2D eigenvalue weighted by Gasteiger charge is 2.15. The molecule has 1 aromatic carbocycles. The molecule has 1 heterocycles. The second-order valence-corrected chi connectivity index (χ2v) is 4.66. The number of ether oxygens (including phenoxy) is 2. The summed E-state index contributed by atoms with van der Waals surface area (Å²) in [6, 6.07) is 7.81. The Kier molecular flexibility index (Phi) is 4.22. The van der Waals surface area contributed by atoms with Crippen LogP contribution in [-0.2, 0) is 0 Å². The van der Waals surface area contributed by atoms with Crippen LogP contribution in [0.2, 0.25) is 5.15 Å². The van der Waals surface area contributed by atoms with Crippen LogP contribution >= 0.6 is 11.6 Å². The van der Waals surface area contributed by atoms with Gasteiger partial charge in [-0.3, -0.25) is 0 Å². The van der Waals surface area contributed by atoms with Crippen LogP contribution in [-0.4, -0.2) is 17.1 Å². The van der Waals surface area contributed by atoms with Gasteiger partial charge in [0.2, 0.25) is 5.75 Å². The summed E-state index contributed by atoms with van der Waals surface area (Å²) in [7, 11) is 1.51. The predicted molar refractivity (Wildman–Crippen MR) is 74.2 cm³/mol. The lowest BCUT2D eigenvalue weighted by Gasteiger charge is -2.14. The molecule has 0 fully saturated rings. The Morgan fingerprint density at radius 3 is 2.58 bits per heavy atom. The number of nitrogens with zero attached hydrogens (tertiary/aromatic N) is 2. The van der Waals surface area contributed by atoms with Crippen LogP contribution in [0.1, 0.15) is 25.3 Å². The summed E-state index contributed by atoms with van der Waals surface area (Å²) in [5, 5.41) is 0.231. The number of hydrogen-bond donors (Lipinski definition) is 0. The van der Waals surface area contributed by atoms with Crippen molar-refractivity contribution >= 4 is 11.6 Å². The lowest BCUT2D eigenvalue weighted by Crippen LogP contribution is -1.98. The molecule has 2 rings (SSSR count). The Labute approximate surface area is 117 Å². The van der Waals surface area contributed by atoms with Crippen molar-refractivity contribution in [1.82, 2.24) is 9.97 Å². The van der Waals surface area contributed by atoms with Crippen molar-refractivity contribution in [1.29, 1.82) is 0 Å². The summed E-state index contributed by atoms with van der Waals surface area (Å²) in [4.78, 5) is 7.92. The minimum absolute atomic E-state index is 0.231. The van der Waals surface area contributed by atoms with Crippen LogP contribution < -0.4 is 9.47 Å². The van der Waals surface area contributed by atoms with E-state index in [9.17, 15) is 0 Å². The van der Waals surface area contributed by atoms with Crippen molar-refractivity contribution in [3.8, 4) is 17.4 Å². The van der Waals surface area contributed by atoms with Gasteiger partial charge in [0.1, 0.15) is 12.1 Å². The summed E-state index contributed by atoms with van der Waals surface area (Å²) in [5.74, 6) is 1.74. The van der Waals surface area contributed by atoms with E-state index < -0.39 is 0 Å². The van der Waals surface area contributed by atoms with Gasteiger partial charge in [0.15, 0.2) is 5.15 Å². The first-order chi connectivity index (χ1) is 9.13. The van der Waals surface area contributed by atoms with Gasteiger partial charge in [-0.1, -0.05) is 43.6 Å². The van der Waals surface area contributed by atoms with Crippen molar-refractivity contribution in [2.75, 3.05) is 7.11 Å². The largest absolute Gasteiger partial charge is 0.489 e. The van der Waals surface area contributed by atoms with E-state index in [1.165, 1.54) is 13.4 Å². The molecule has 100 valence electrons. The van der Waals surface area contributed by atoms with E-state index in [0.717, 1.165) is 11.3 Å². The molecule has 0 aliphatic rings. The molecular formula is C14H15ClN2O2. The molecule has 0 saturated carbocycles. The highest BCUT2D eigenvalue weighted by Crippen LogP contribution is 2.36. The molecule has 0 atom stereocenters. The SMILES string of the molecule is COc1c(Cl)ncnc1Oc1ccccc1C(C)C.